The van der Waals surface area contributed by atoms with E-state index in [-0.39, 0.29) is 11.6 Å². The molecule has 3 aromatic rings. The molecule has 4 rings (SSSR count). The topological polar surface area (TPSA) is 84.5 Å². The molecule has 1 saturated heterocycles. The van der Waals surface area contributed by atoms with Gasteiger partial charge >= 0.3 is 0 Å². The second-order valence-electron chi connectivity index (χ2n) is 7.25. The summed E-state index contributed by atoms with van der Waals surface area (Å²) in [6.45, 7) is 4.61. The maximum absolute atomic E-state index is 12.7. The molecule has 0 bridgehead atoms. The molecular formula is C22H23N5O3. The zero-order chi connectivity index (χ0) is 20.9. The summed E-state index contributed by atoms with van der Waals surface area (Å²) in [7, 11) is 0. The van der Waals surface area contributed by atoms with Crippen molar-refractivity contribution >= 4 is 11.6 Å². The predicted molar refractivity (Wildman–Crippen MR) is 113 cm³/mol. The van der Waals surface area contributed by atoms with Crippen molar-refractivity contribution in [3.63, 3.8) is 0 Å². The molecule has 8 heteroatoms. The van der Waals surface area contributed by atoms with Gasteiger partial charge in [0, 0.05) is 74.9 Å². The van der Waals surface area contributed by atoms with Crippen LogP contribution in [0.4, 0.5) is 5.69 Å². The lowest BCUT2D eigenvalue weighted by atomic mass is 10.1. The van der Waals surface area contributed by atoms with Crippen molar-refractivity contribution in [3.05, 3.63) is 82.7 Å². The molecule has 0 atom stereocenters. The summed E-state index contributed by atoms with van der Waals surface area (Å²) < 4.78 is 2.16. The molecule has 1 aliphatic heterocycles. The second-order valence-corrected chi connectivity index (χ2v) is 7.25. The number of nitrogens with zero attached hydrogens (tertiary/aromatic N) is 5. The first-order chi connectivity index (χ1) is 14.6. The van der Waals surface area contributed by atoms with E-state index in [4.69, 9.17) is 0 Å². The summed E-state index contributed by atoms with van der Waals surface area (Å²) in [6.07, 6.45) is 3.82. The molecule has 30 heavy (non-hydrogen) atoms. The van der Waals surface area contributed by atoms with E-state index in [0.29, 0.717) is 18.7 Å². The molecular weight excluding hydrogens is 382 g/mol. The Balaban J connectivity index is 1.30. The lowest BCUT2D eigenvalue weighted by Crippen LogP contribution is -2.49. The van der Waals surface area contributed by atoms with Crippen LogP contribution in [-0.4, -0.2) is 62.9 Å². The van der Waals surface area contributed by atoms with Crippen molar-refractivity contribution in [1.82, 2.24) is 19.4 Å². The molecule has 0 unspecified atom stereocenters. The number of hydrogen-bond acceptors (Lipinski definition) is 5. The Morgan fingerprint density at radius 1 is 0.967 bits per heavy atom. The second kappa shape index (κ2) is 8.87. The first kappa shape index (κ1) is 19.8. The summed E-state index contributed by atoms with van der Waals surface area (Å²) in [4.78, 5) is 31.6. The number of nitro groups is 1. The van der Waals surface area contributed by atoms with Gasteiger partial charge in [-0.2, -0.15) is 0 Å². The van der Waals surface area contributed by atoms with E-state index in [1.165, 1.54) is 24.3 Å². The van der Waals surface area contributed by atoms with Crippen LogP contribution in [-0.2, 0) is 6.54 Å². The highest BCUT2D eigenvalue weighted by Gasteiger charge is 2.22. The number of nitro benzene ring substituents is 1. The SMILES string of the molecule is O=C(c1ccc([N+](=O)[O-])cc1)N1CCN(CCn2ccnc2-c2ccccc2)CC1. The third-order valence-electron chi connectivity index (χ3n) is 5.39. The van der Waals surface area contributed by atoms with Crippen LogP contribution in [0.15, 0.2) is 67.0 Å². The molecule has 0 spiro atoms. The maximum atomic E-state index is 12.7. The molecule has 0 saturated carbocycles. The number of carbonyl (C=O) groups is 1. The highest BCUT2D eigenvalue weighted by atomic mass is 16.6. The molecule has 0 N–H and O–H groups in total. The number of rotatable bonds is 6. The molecule has 1 aliphatic rings. The van der Waals surface area contributed by atoms with Gasteiger partial charge in [0.25, 0.3) is 11.6 Å². The first-order valence-electron chi connectivity index (χ1n) is 9.94. The number of aromatic nitrogens is 2. The van der Waals surface area contributed by atoms with Crippen LogP contribution < -0.4 is 0 Å². The van der Waals surface area contributed by atoms with Gasteiger partial charge in [0.1, 0.15) is 5.82 Å². The summed E-state index contributed by atoms with van der Waals surface area (Å²) >= 11 is 0. The van der Waals surface area contributed by atoms with E-state index in [1.807, 2.05) is 35.5 Å². The highest BCUT2D eigenvalue weighted by Crippen LogP contribution is 2.17. The Morgan fingerprint density at radius 3 is 2.33 bits per heavy atom. The minimum atomic E-state index is -0.462. The average Bonchev–Trinajstić information content (AvgIpc) is 3.27. The van der Waals surface area contributed by atoms with E-state index in [2.05, 4.69) is 26.6 Å². The fourth-order valence-electron chi connectivity index (χ4n) is 3.67. The van der Waals surface area contributed by atoms with Crippen LogP contribution in [0.5, 0.6) is 0 Å². The summed E-state index contributed by atoms with van der Waals surface area (Å²) in [5.41, 5.74) is 1.58. The van der Waals surface area contributed by atoms with E-state index in [0.717, 1.165) is 37.6 Å². The van der Waals surface area contributed by atoms with Gasteiger partial charge in [-0.05, 0) is 12.1 Å². The Bertz CT molecular complexity index is 1010. The number of carbonyl (C=O) groups excluding carboxylic acids is 1. The number of benzene rings is 2. The van der Waals surface area contributed by atoms with Crippen molar-refractivity contribution in [2.75, 3.05) is 32.7 Å². The molecule has 154 valence electrons. The number of imidazole rings is 1. The lowest BCUT2D eigenvalue weighted by molar-refractivity contribution is -0.384. The Kier molecular flexibility index (Phi) is 5.85. The standard InChI is InChI=1S/C22H23N5O3/c28-22(19-6-8-20(9-7-19)27(29)30)26-16-13-24(14-17-26)12-15-25-11-10-23-21(25)18-4-2-1-3-5-18/h1-11H,12-17H2. The maximum Gasteiger partial charge on any atom is 0.269 e. The average molecular weight is 405 g/mol. The molecule has 0 aliphatic carbocycles. The van der Waals surface area contributed by atoms with Gasteiger partial charge in [0.15, 0.2) is 0 Å². The summed E-state index contributed by atoms with van der Waals surface area (Å²) in [5, 5.41) is 10.8. The third kappa shape index (κ3) is 4.38. The van der Waals surface area contributed by atoms with Crippen molar-refractivity contribution in [2.24, 2.45) is 0 Å². The van der Waals surface area contributed by atoms with Gasteiger partial charge in [0.05, 0.1) is 4.92 Å². The number of hydrogen-bond donors (Lipinski definition) is 0. The smallest absolute Gasteiger partial charge is 0.269 e. The van der Waals surface area contributed by atoms with Crippen molar-refractivity contribution < 1.29 is 9.72 Å². The summed E-state index contributed by atoms with van der Waals surface area (Å²) in [6, 6.07) is 15.9. The Hall–Kier alpha value is -3.52. The van der Waals surface area contributed by atoms with E-state index >= 15 is 0 Å². The molecule has 1 aromatic heterocycles. The van der Waals surface area contributed by atoms with Crippen LogP contribution in [0.1, 0.15) is 10.4 Å². The fraction of sp³-hybridized carbons (Fsp3) is 0.273. The normalized spacial score (nSPS) is 14.6. The molecule has 1 fully saturated rings. The van der Waals surface area contributed by atoms with Crippen LogP contribution in [0.25, 0.3) is 11.4 Å². The number of piperazine rings is 1. The molecule has 0 radical (unpaired) electrons. The van der Waals surface area contributed by atoms with E-state index in [9.17, 15) is 14.9 Å². The predicted octanol–water partition coefficient (Wildman–Crippen LogP) is 2.92. The highest BCUT2D eigenvalue weighted by molar-refractivity contribution is 5.94. The first-order valence-corrected chi connectivity index (χ1v) is 9.94. The van der Waals surface area contributed by atoms with Crippen LogP contribution >= 0.6 is 0 Å². The summed E-state index contributed by atoms with van der Waals surface area (Å²) in [5.74, 6) is 0.883. The van der Waals surface area contributed by atoms with Gasteiger partial charge in [-0.15, -0.1) is 0 Å². The monoisotopic (exact) mass is 405 g/mol. The van der Waals surface area contributed by atoms with Gasteiger partial charge in [-0.3, -0.25) is 19.8 Å². The van der Waals surface area contributed by atoms with E-state index < -0.39 is 4.92 Å². The van der Waals surface area contributed by atoms with E-state index in [1.54, 1.807) is 0 Å². The van der Waals surface area contributed by atoms with Crippen LogP contribution in [0.2, 0.25) is 0 Å². The zero-order valence-electron chi connectivity index (χ0n) is 16.6. The largest absolute Gasteiger partial charge is 0.336 e. The number of amides is 1. The van der Waals surface area contributed by atoms with Crippen LogP contribution in [0, 0.1) is 10.1 Å². The minimum absolute atomic E-state index is 0.00857. The quantitative estimate of drug-likeness (QED) is 0.465. The molecule has 1 amide bonds. The van der Waals surface area contributed by atoms with Crippen molar-refractivity contribution in [1.29, 1.82) is 0 Å². The van der Waals surface area contributed by atoms with Crippen LogP contribution in [0.3, 0.4) is 0 Å². The third-order valence-corrected chi connectivity index (χ3v) is 5.39. The molecule has 2 heterocycles. The number of non-ortho nitro benzene ring substituents is 1. The van der Waals surface area contributed by atoms with Gasteiger partial charge in [-0.1, -0.05) is 30.3 Å². The minimum Gasteiger partial charge on any atom is -0.336 e. The zero-order valence-corrected chi connectivity index (χ0v) is 16.6. The fourth-order valence-corrected chi connectivity index (χ4v) is 3.67. The lowest BCUT2D eigenvalue weighted by Gasteiger charge is -2.34. The Labute approximate surface area is 174 Å². The van der Waals surface area contributed by atoms with Gasteiger partial charge in [0.2, 0.25) is 0 Å². The van der Waals surface area contributed by atoms with Gasteiger partial charge in [-0.25, -0.2) is 4.98 Å². The molecule has 8 nitrogen and oxygen atoms in total. The Morgan fingerprint density at radius 2 is 1.67 bits per heavy atom. The van der Waals surface area contributed by atoms with Gasteiger partial charge < -0.3 is 9.47 Å². The molecule has 2 aromatic carbocycles. The van der Waals surface area contributed by atoms with Crippen molar-refractivity contribution in [3.8, 4) is 11.4 Å². The van der Waals surface area contributed by atoms with Crippen molar-refractivity contribution in [2.45, 2.75) is 6.54 Å².